The summed E-state index contributed by atoms with van der Waals surface area (Å²) in [5.74, 6) is 0.732. The molecule has 1 atom stereocenters. The van der Waals surface area contributed by atoms with E-state index in [9.17, 15) is 10.1 Å². The second-order valence-electron chi connectivity index (χ2n) is 8.65. The van der Waals surface area contributed by atoms with Crippen molar-refractivity contribution in [2.75, 3.05) is 64.8 Å². The van der Waals surface area contributed by atoms with Crippen LogP contribution < -0.4 is 4.90 Å². The van der Waals surface area contributed by atoms with Crippen molar-refractivity contribution in [3.8, 4) is 6.07 Å². The molecule has 1 spiro atoms. The fourth-order valence-electron chi connectivity index (χ4n) is 4.69. The predicted octanol–water partition coefficient (Wildman–Crippen LogP) is 1.38. The average molecular weight is 399 g/mol. The Kier molecular flexibility index (Phi) is 5.61. The second-order valence-corrected chi connectivity index (χ2v) is 8.65. The Labute approximate surface area is 172 Å². The van der Waals surface area contributed by atoms with Crippen molar-refractivity contribution in [1.82, 2.24) is 19.7 Å². The van der Waals surface area contributed by atoms with Gasteiger partial charge in [0.25, 0.3) is 0 Å². The molecular weight excluding hydrogens is 368 g/mol. The molecule has 3 aliphatic heterocycles. The smallest absolute Gasteiger partial charge is 0.410 e. The third kappa shape index (κ3) is 4.16. The van der Waals surface area contributed by atoms with Gasteiger partial charge >= 0.3 is 6.09 Å². The number of carbonyl (C=O) groups is 1. The number of anilines is 1. The molecule has 3 saturated heterocycles. The van der Waals surface area contributed by atoms with Crippen LogP contribution in [0.5, 0.6) is 0 Å². The molecule has 3 aliphatic rings. The largest absolute Gasteiger partial charge is 0.441 e. The van der Waals surface area contributed by atoms with E-state index in [-0.39, 0.29) is 6.09 Å². The summed E-state index contributed by atoms with van der Waals surface area (Å²) in [4.78, 5) is 25.6. The van der Waals surface area contributed by atoms with Crippen LogP contribution in [0.15, 0.2) is 18.3 Å². The number of hydrogen-bond acceptors (Lipinski definition) is 7. The molecule has 1 amide bonds. The SMILES string of the molecule is CN(C)[C@H]1CCN(CCN2CC3(CCN(c4ncccc4C#N)CC3)OC2=O)C1. The highest BCUT2D eigenvalue weighted by atomic mass is 16.6. The van der Waals surface area contributed by atoms with Crippen molar-refractivity contribution in [2.45, 2.75) is 30.9 Å². The summed E-state index contributed by atoms with van der Waals surface area (Å²) in [6, 6.07) is 6.41. The van der Waals surface area contributed by atoms with Crippen molar-refractivity contribution < 1.29 is 9.53 Å². The molecule has 4 rings (SSSR count). The Balaban J connectivity index is 1.30. The minimum absolute atomic E-state index is 0.183. The number of ether oxygens (including phenoxy) is 1. The number of carbonyl (C=O) groups excluding carboxylic acids is 1. The van der Waals surface area contributed by atoms with E-state index < -0.39 is 5.60 Å². The van der Waals surface area contributed by atoms with Crippen LogP contribution in [-0.2, 0) is 4.74 Å². The number of nitrogens with zero attached hydrogens (tertiary/aromatic N) is 6. The van der Waals surface area contributed by atoms with Gasteiger partial charge in [-0.25, -0.2) is 9.78 Å². The number of likely N-dealkylation sites (tertiary alicyclic amines) is 1. The third-order valence-electron chi connectivity index (χ3n) is 6.59. The maximum atomic E-state index is 12.5. The Morgan fingerprint density at radius 3 is 2.79 bits per heavy atom. The van der Waals surface area contributed by atoms with Gasteiger partial charge < -0.3 is 19.4 Å². The third-order valence-corrected chi connectivity index (χ3v) is 6.59. The van der Waals surface area contributed by atoms with Gasteiger partial charge in [0.2, 0.25) is 0 Å². The Morgan fingerprint density at radius 1 is 1.31 bits per heavy atom. The van der Waals surface area contributed by atoms with Gasteiger partial charge in [0, 0.05) is 57.8 Å². The summed E-state index contributed by atoms with van der Waals surface area (Å²) in [6.07, 6.45) is 4.26. The van der Waals surface area contributed by atoms with Crippen molar-refractivity contribution >= 4 is 11.9 Å². The van der Waals surface area contributed by atoms with E-state index in [2.05, 4.69) is 39.8 Å². The molecule has 4 heterocycles. The highest BCUT2D eigenvalue weighted by molar-refractivity contribution is 5.71. The lowest BCUT2D eigenvalue weighted by Crippen LogP contribution is -2.47. The van der Waals surface area contributed by atoms with Crippen LogP contribution in [0.3, 0.4) is 0 Å². The van der Waals surface area contributed by atoms with E-state index >= 15 is 0 Å². The number of pyridine rings is 1. The molecule has 0 aromatic carbocycles. The van der Waals surface area contributed by atoms with Crippen LogP contribution >= 0.6 is 0 Å². The number of rotatable bonds is 5. The van der Waals surface area contributed by atoms with E-state index in [0.29, 0.717) is 18.2 Å². The van der Waals surface area contributed by atoms with Crippen LogP contribution in [0.1, 0.15) is 24.8 Å². The molecule has 0 saturated carbocycles. The zero-order valence-corrected chi connectivity index (χ0v) is 17.4. The lowest BCUT2D eigenvalue weighted by molar-refractivity contribution is 0.0365. The number of aromatic nitrogens is 1. The number of piperidine rings is 1. The first-order chi connectivity index (χ1) is 14.0. The fourth-order valence-corrected chi connectivity index (χ4v) is 4.69. The molecular formula is C21H30N6O2. The lowest BCUT2D eigenvalue weighted by Gasteiger charge is -2.38. The Bertz CT molecular complexity index is 784. The molecule has 0 unspecified atom stereocenters. The minimum Gasteiger partial charge on any atom is -0.441 e. The predicted molar refractivity (Wildman–Crippen MR) is 110 cm³/mol. The monoisotopic (exact) mass is 398 g/mol. The van der Waals surface area contributed by atoms with Crippen LogP contribution in [0.25, 0.3) is 0 Å². The maximum absolute atomic E-state index is 12.5. The zero-order valence-electron chi connectivity index (χ0n) is 17.4. The van der Waals surface area contributed by atoms with Crippen LogP contribution in [0.2, 0.25) is 0 Å². The number of amides is 1. The van der Waals surface area contributed by atoms with Gasteiger partial charge in [0.15, 0.2) is 0 Å². The van der Waals surface area contributed by atoms with Gasteiger partial charge in [-0.1, -0.05) is 0 Å². The van der Waals surface area contributed by atoms with Crippen LogP contribution in [0, 0.1) is 11.3 Å². The summed E-state index contributed by atoms with van der Waals surface area (Å²) < 4.78 is 5.87. The fraction of sp³-hybridized carbons (Fsp3) is 0.667. The number of likely N-dealkylation sites (N-methyl/N-ethyl adjacent to an activating group) is 1. The summed E-state index contributed by atoms with van der Waals surface area (Å²) in [5.41, 5.74) is 0.196. The molecule has 3 fully saturated rings. The molecule has 0 radical (unpaired) electrons. The summed E-state index contributed by atoms with van der Waals surface area (Å²) >= 11 is 0. The first kappa shape index (κ1) is 19.9. The van der Waals surface area contributed by atoms with Crippen molar-refractivity contribution in [3.63, 3.8) is 0 Å². The molecule has 8 heteroatoms. The molecule has 0 aliphatic carbocycles. The molecule has 0 bridgehead atoms. The molecule has 0 N–H and O–H groups in total. The molecule has 29 heavy (non-hydrogen) atoms. The van der Waals surface area contributed by atoms with Crippen molar-refractivity contribution in [3.05, 3.63) is 23.9 Å². The maximum Gasteiger partial charge on any atom is 0.410 e. The van der Waals surface area contributed by atoms with Crippen LogP contribution in [-0.4, -0.2) is 97.3 Å². The number of nitriles is 1. The second kappa shape index (κ2) is 8.17. The van der Waals surface area contributed by atoms with Crippen molar-refractivity contribution in [2.24, 2.45) is 0 Å². The van der Waals surface area contributed by atoms with Gasteiger partial charge in [0.1, 0.15) is 17.5 Å². The van der Waals surface area contributed by atoms with Crippen molar-refractivity contribution in [1.29, 1.82) is 5.26 Å². The highest BCUT2D eigenvalue weighted by Crippen LogP contribution is 2.35. The van der Waals surface area contributed by atoms with E-state index in [1.165, 1.54) is 6.42 Å². The van der Waals surface area contributed by atoms with Gasteiger partial charge in [-0.15, -0.1) is 0 Å². The highest BCUT2D eigenvalue weighted by Gasteiger charge is 2.47. The average Bonchev–Trinajstić information content (AvgIpc) is 3.32. The zero-order chi connectivity index (χ0) is 20.4. The van der Waals surface area contributed by atoms with E-state index in [4.69, 9.17) is 4.74 Å². The summed E-state index contributed by atoms with van der Waals surface area (Å²) in [5, 5.41) is 9.32. The normalized spacial score (nSPS) is 24.3. The standard InChI is InChI=1S/C21H30N6O2/c1-24(2)18-5-9-25(15-18)12-13-27-16-21(29-20(27)28)6-10-26(11-7-21)19-17(14-22)4-3-8-23-19/h3-4,8,18H,5-7,9-13,15-16H2,1-2H3/t18-/m0/s1. The van der Waals surface area contributed by atoms with Gasteiger partial charge in [-0.2, -0.15) is 5.26 Å². The lowest BCUT2D eigenvalue weighted by atomic mass is 9.91. The quantitative estimate of drug-likeness (QED) is 0.742. The molecule has 156 valence electrons. The topological polar surface area (TPSA) is 75.9 Å². The van der Waals surface area contributed by atoms with Crippen LogP contribution in [0.4, 0.5) is 10.6 Å². The Hall–Kier alpha value is -2.37. The molecule has 1 aromatic rings. The first-order valence-electron chi connectivity index (χ1n) is 10.5. The first-order valence-corrected chi connectivity index (χ1v) is 10.5. The van der Waals surface area contributed by atoms with E-state index in [0.717, 1.165) is 57.9 Å². The summed E-state index contributed by atoms with van der Waals surface area (Å²) in [6.45, 7) is 5.94. The number of hydrogen-bond donors (Lipinski definition) is 0. The summed E-state index contributed by atoms with van der Waals surface area (Å²) in [7, 11) is 4.26. The van der Waals surface area contributed by atoms with Gasteiger partial charge in [0.05, 0.1) is 12.1 Å². The van der Waals surface area contributed by atoms with E-state index in [1.807, 2.05) is 4.90 Å². The Morgan fingerprint density at radius 2 is 2.10 bits per heavy atom. The molecule has 1 aromatic heterocycles. The minimum atomic E-state index is -0.396. The molecule has 8 nitrogen and oxygen atoms in total. The van der Waals surface area contributed by atoms with E-state index in [1.54, 1.807) is 18.3 Å². The van der Waals surface area contributed by atoms with Gasteiger partial charge in [-0.05, 0) is 39.2 Å². The van der Waals surface area contributed by atoms with Gasteiger partial charge in [-0.3, -0.25) is 4.90 Å².